The summed E-state index contributed by atoms with van der Waals surface area (Å²) < 4.78 is 1.78. The largest absolute Gasteiger partial charge is 0.344 e. The molecule has 0 bridgehead atoms. The maximum absolute atomic E-state index is 12.2. The number of hydrogen-bond donors (Lipinski definition) is 0. The maximum Gasteiger partial charge on any atom is 0.236 e. The molecule has 0 aliphatic carbocycles. The van der Waals surface area contributed by atoms with Crippen LogP contribution in [0.5, 0.6) is 0 Å². The Morgan fingerprint density at radius 1 is 1.27 bits per heavy atom. The molecule has 1 amide bonds. The van der Waals surface area contributed by atoms with Crippen LogP contribution in [0, 0.1) is 0 Å². The van der Waals surface area contributed by atoms with Gasteiger partial charge in [0, 0.05) is 45.8 Å². The van der Waals surface area contributed by atoms with E-state index in [2.05, 4.69) is 10.1 Å². The molecule has 0 radical (unpaired) electrons. The number of carbonyl (C=O) groups is 1. The topological polar surface area (TPSA) is 54.3 Å². The summed E-state index contributed by atoms with van der Waals surface area (Å²) in [4.78, 5) is 20.1. The summed E-state index contributed by atoms with van der Waals surface area (Å²) in [6.07, 6.45) is 8.22. The van der Waals surface area contributed by atoms with Crippen LogP contribution in [0.15, 0.2) is 36.9 Å². The molecule has 22 heavy (non-hydrogen) atoms. The lowest BCUT2D eigenvalue weighted by atomic mass is 10.2. The van der Waals surface area contributed by atoms with Gasteiger partial charge in [0.25, 0.3) is 0 Å². The van der Waals surface area contributed by atoms with Crippen molar-refractivity contribution in [2.75, 3.05) is 27.2 Å². The molecule has 0 aliphatic rings. The van der Waals surface area contributed by atoms with Gasteiger partial charge in [-0.25, -0.2) is 0 Å². The van der Waals surface area contributed by atoms with Gasteiger partial charge in [-0.2, -0.15) is 5.10 Å². The molecule has 0 unspecified atom stereocenters. The van der Waals surface area contributed by atoms with Crippen molar-refractivity contribution in [3.8, 4) is 0 Å². The zero-order valence-corrected chi connectivity index (χ0v) is 13.4. The van der Waals surface area contributed by atoms with Crippen molar-refractivity contribution < 1.29 is 4.79 Å². The second kappa shape index (κ2) is 7.70. The number of aromatic nitrogens is 3. The van der Waals surface area contributed by atoms with Crippen LogP contribution in [0.3, 0.4) is 0 Å². The fourth-order valence-corrected chi connectivity index (χ4v) is 2.23. The summed E-state index contributed by atoms with van der Waals surface area (Å²) in [5.41, 5.74) is 2.25. The molecule has 0 fully saturated rings. The Bertz CT molecular complexity index is 596. The lowest BCUT2D eigenvalue weighted by Gasteiger charge is -2.21. The Balaban J connectivity index is 1.75. The Kier molecular flexibility index (Phi) is 5.66. The van der Waals surface area contributed by atoms with Crippen molar-refractivity contribution in [3.63, 3.8) is 0 Å². The van der Waals surface area contributed by atoms with Crippen LogP contribution < -0.4 is 0 Å². The second-order valence-electron chi connectivity index (χ2n) is 5.62. The molecule has 0 saturated heterocycles. The highest BCUT2D eigenvalue weighted by Gasteiger charge is 2.12. The predicted octanol–water partition coefficient (Wildman–Crippen LogP) is 0.948. The smallest absolute Gasteiger partial charge is 0.236 e. The highest BCUT2D eigenvalue weighted by Crippen LogP contribution is 2.02. The van der Waals surface area contributed by atoms with E-state index in [1.807, 2.05) is 56.8 Å². The molecule has 0 atom stereocenters. The van der Waals surface area contributed by atoms with Crippen molar-refractivity contribution >= 4 is 5.91 Å². The summed E-state index contributed by atoms with van der Waals surface area (Å²) in [5.74, 6) is 0.121. The number of amides is 1. The SMILES string of the molecule is CN(CC(=O)N(C)CCc1cnn(C)c1)Cc1cccnc1. The standard InChI is InChI=1S/C16H23N5O/c1-19(11-14-5-4-7-17-9-14)13-16(22)20(2)8-6-15-10-18-21(3)12-15/h4-5,7,9-10,12H,6,8,11,13H2,1-3H3. The molecular formula is C16H23N5O. The fourth-order valence-electron chi connectivity index (χ4n) is 2.23. The third kappa shape index (κ3) is 4.96. The van der Waals surface area contributed by atoms with E-state index >= 15 is 0 Å². The minimum Gasteiger partial charge on any atom is -0.344 e. The summed E-state index contributed by atoms with van der Waals surface area (Å²) in [6, 6.07) is 3.92. The van der Waals surface area contributed by atoms with Gasteiger partial charge in [-0.15, -0.1) is 0 Å². The molecule has 2 heterocycles. The molecule has 0 aliphatic heterocycles. The average molecular weight is 301 g/mol. The van der Waals surface area contributed by atoms with Crippen molar-refractivity contribution in [2.45, 2.75) is 13.0 Å². The van der Waals surface area contributed by atoms with Gasteiger partial charge >= 0.3 is 0 Å². The Labute approximate surface area is 131 Å². The van der Waals surface area contributed by atoms with Gasteiger partial charge in [-0.05, 0) is 30.7 Å². The third-order valence-electron chi connectivity index (χ3n) is 3.50. The van der Waals surface area contributed by atoms with E-state index in [1.54, 1.807) is 15.8 Å². The zero-order chi connectivity index (χ0) is 15.9. The minimum atomic E-state index is 0.121. The van der Waals surface area contributed by atoms with Gasteiger partial charge in [0.05, 0.1) is 12.7 Å². The molecular weight excluding hydrogens is 278 g/mol. The van der Waals surface area contributed by atoms with Crippen LogP contribution >= 0.6 is 0 Å². The van der Waals surface area contributed by atoms with Gasteiger partial charge in [0.15, 0.2) is 0 Å². The Morgan fingerprint density at radius 2 is 2.09 bits per heavy atom. The van der Waals surface area contributed by atoms with E-state index in [0.717, 1.165) is 24.1 Å². The molecule has 0 aromatic carbocycles. The Hall–Kier alpha value is -2.21. The monoisotopic (exact) mass is 301 g/mol. The van der Waals surface area contributed by atoms with Gasteiger partial charge < -0.3 is 4.90 Å². The molecule has 0 saturated carbocycles. The lowest BCUT2D eigenvalue weighted by molar-refractivity contribution is -0.130. The van der Waals surface area contributed by atoms with E-state index in [4.69, 9.17) is 0 Å². The first-order valence-electron chi connectivity index (χ1n) is 7.33. The molecule has 6 heteroatoms. The molecule has 0 spiro atoms. The number of likely N-dealkylation sites (N-methyl/N-ethyl adjacent to an activating group) is 2. The lowest BCUT2D eigenvalue weighted by Crippen LogP contribution is -2.37. The predicted molar refractivity (Wildman–Crippen MR) is 85.1 cm³/mol. The van der Waals surface area contributed by atoms with Crippen molar-refractivity contribution in [1.29, 1.82) is 0 Å². The number of rotatable bonds is 7. The summed E-state index contributed by atoms with van der Waals surface area (Å²) in [5, 5.41) is 4.13. The van der Waals surface area contributed by atoms with E-state index in [9.17, 15) is 4.79 Å². The highest BCUT2D eigenvalue weighted by molar-refractivity contribution is 5.77. The quantitative estimate of drug-likeness (QED) is 0.764. The maximum atomic E-state index is 12.2. The number of carbonyl (C=O) groups excluding carboxylic acids is 1. The molecule has 0 N–H and O–H groups in total. The van der Waals surface area contributed by atoms with Gasteiger partial charge in [0.2, 0.25) is 5.91 Å². The van der Waals surface area contributed by atoms with Crippen LogP contribution in [-0.4, -0.2) is 57.7 Å². The van der Waals surface area contributed by atoms with Crippen molar-refractivity contribution in [1.82, 2.24) is 24.6 Å². The number of nitrogens with zero attached hydrogens (tertiary/aromatic N) is 5. The van der Waals surface area contributed by atoms with Gasteiger partial charge in [-0.1, -0.05) is 6.07 Å². The molecule has 118 valence electrons. The third-order valence-corrected chi connectivity index (χ3v) is 3.50. The average Bonchev–Trinajstić information content (AvgIpc) is 2.91. The van der Waals surface area contributed by atoms with Crippen LogP contribution in [0.4, 0.5) is 0 Å². The highest BCUT2D eigenvalue weighted by atomic mass is 16.2. The summed E-state index contributed by atoms with van der Waals surface area (Å²) in [6.45, 7) is 1.82. The first kappa shape index (κ1) is 16.2. The number of pyridine rings is 1. The zero-order valence-electron chi connectivity index (χ0n) is 13.4. The normalized spacial score (nSPS) is 10.9. The first-order chi connectivity index (χ1) is 10.5. The minimum absolute atomic E-state index is 0.121. The van der Waals surface area contributed by atoms with E-state index < -0.39 is 0 Å². The van der Waals surface area contributed by atoms with Crippen LogP contribution in [0.1, 0.15) is 11.1 Å². The van der Waals surface area contributed by atoms with Crippen molar-refractivity contribution in [2.24, 2.45) is 7.05 Å². The molecule has 2 rings (SSSR count). The van der Waals surface area contributed by atoms with E-state index in [1.165, 1.54) is 0 Å². The molecule has 2 aromatic rings. The van der Waals surface area contributed by atoms with Crippen LogP contribution in [0.25, 0.3) is 0 Å². The first-order valence-corrected chi connectivity index (χ1v) is 7.33. The Morgan fingerprint density at radius 3 is 2.73 bits per heavy atom. The molecule has 2 aromatic heterocycles. The second-order valence-corrected chi connectivity index (χ2v) is 5.62. The fraction of sp³-hybridized carbons (Fsp3) is 0.438. The summed E-state index contributed by atoms with van der Waals surface area (Å²) >= 11 is 0. The van der Waals surface area contributed by atoms with Crippen LogP contribution in [-0.2, 0) is 24.8 Å². The molecule has 6 nitrogen and oxygen atoms in total. The van der Waals surface area contributed by atoms with Crippen molar-refractivity contribution in [3.05, 3.63) is 48.0 Å². The van der Waals surface area contributed by atoms with Gasteiger partial charge in [0.1, 0.15) is 0 Å². The van der Waals surface area contributed by atoms with E-state index in [0.29, 0.717) is 13.1 Å². The van der Waals surface area contributed by atoms with E-state index in [-0.39, 0.29) is 5.91 Å². The summed E-state index contributed by atoms with van der Waals surface area (Å²) in [7, 11) is 5.68. The van der Waals surface area contributed by atoms with Gasteiger partial charge in [-0.3, -0.25) is 19.4 Å². The number of aryl methyl sites for hydroxylation is 1. The number of hydrogen-bond acceptors (Lipinski definition) is 4. The van der Waals surface area contributed by atoms with Crippen LogP contribution in [0.2, 0.25) is 0 Å².